The molecule has 1 aromatic heterocycles. The molecule has 2 nitrogen and oxygen atoms in total. The van der Waals surface area contributed by atoms with Gasteiger partial charge in [0, 0.05) is 21.3 Å². The van der Waals surface area contributed by atoms with Crippen LogP contribution in [0.1, 0.15) is 0 Å². The molecule has 0 amide bonds. The van der Waals surface area contributed by atoms with Crippen molar-refractivity contribution < 1.29 is 9.15 Å². The molecule has 0 spiro atoms. The molecule has 0 aliphatic carbocycles. The maximum absolute atomic E-state index is 6.32. The second-order valence-corrected chi connectivity index (χ2v) is 8.17. The Kier molecular flexibility index (Phi) is 3.40. The zero-order valence-electron chi connectivity index (χ0n) is 14.5. The van der Waals surface area contributed by atoms with Crippen LogP contribution in [-0.4, -0.2) is 0 Å². The summed E-state index contributed by atoms with van der Waals surface area (Å²) in [7, 11) is 0. The van der Waals surface area contributed by atoms with E-state index >= 15 is 0 Å². The molecule has 0 fully saturated rings. The van der Waals surface area contributed by atoms with Crippen LogP contribution in [0, 0.1) is 0 Å². The van der Waals surface area contributed by atoms with E-state index in [1.807, 2.05) is 36.4 Å². The molecule has 0 radical (unpaired) electrons. The highest BCUT2D eigenvalue weighted by atomic mass is 79.9. The van der Waals surface area contributed by atoms with Crippen molar-refractivity contribution >= 4 is 71.0 Å². The quantitative estimate of drug-likeness (QED) is 0.248. The Morgan fingerprint density at radius 1 is 0.714 bits per heavy atom. The molecular weight excluding hydrogens is 436 g/mol. The van der Waals surface area contributed by atoms with Crippen molar-refractivity contribution in [1.29, 1.82) is 0 Å². The first-order valence-electron chi connectivity index (χ1n) is 8.91. The minimum Gasteiger partial charge on any atom is -0.456 e. The lowest BCUT2D eigenvalue weighted by atomic mass is 9.94. The monoisotopic (exact) mass is 446 g/mol. The summed E-state index contributed by atoms with van der Waals surface area (Å²) in [5, 5.41) is 7.58. The molecule has 28 heavy (non-hydrogen) atoms. The van der Waals surface area contributed by atoms with E-state index in [-0.39, 0.29) is 0 Å². The zero-order chi connectivity index (χ0) is 18.8. The average Bonchev–Trinajstić information content (AvgIpc) is 3.08. The third-order valence-electron chi connectivity index (χ3n) is 5.20. The SMILES string of the molecule is Clc1ccc(Br)cc1Oc1cc2oc3cccc4c5ccccc5c(c1)c2c34. The van der Waals surface area contributed by atoms with Crippen LogP contribution in [0.3, 0.4) is 0 Å². The Morgan fingerprint density at radius 2 is 1.46 bits per heavy atom. The Hall–Kier alpha value is -2.75. The van der Waals surface area contributed by atoms with E-state index in [1.165, 1.54) is 21.5 Å². The van der Waals surface area contributed by atoms with Gasteiger partial charge in [-0.1, -0.05) is 63.9 Å². The van der Waals surface area contributed by atoms with E-state index in [0.29, 0.717) is 16.5 Å². The van der Waals surface area contributed by atoms with Gasteiger partial charge in [-0.15, -0.1) is 0 Å². The first kappa shape index (κ1) is 16.2. The number of benzene rings is 5. The van der Waals surface area contributed by atoms with Crippen molar-refractivity contribution in [3.05, 3.63) is 82.3 Å². The second kappa shape index (κ2) is 5.87. The lowest BCUT2D eigenvalue weighted by Gasteiger charge is -2.11. The fraction of sp³-hybridized carbons (Fsp3) is 0. The van der Waals surface area contributed by atoms with Crippen LogP contribution in [0.2, 0.25) is 5.02 Å². The molecule has 134 valence electrons. The van der Waals surface area contributed by atoms with Crippen LogP contribution in [0.5, 0.6) is 11.5 Å². The molecule has 5 aromatic carbocycles. The molecule has 1 heterocycles. The number of hydrogen-bond donors (Lipinski definition) is 0. The molecule has 0 unspecified atom stereocenters. The molecule has 0 aliphatic rings. The van der Waals surface area contributed by atoms with Crippen molar-refractivity contribution in [2.45, 2.75) is 0 Å². The van der Waals surface area contributed by atoms with Crippen LogP contribution in [-0.2, 0) is 0 Å². The molecule has 4 heteroatoms. The Morgan fingerprint density at radius 3 is 2.32 bits per heavy atom. The van der Waals surface area contributed by atoms with Gasteiger partial charge >= 0.3 is 0 Å². The fourth-order valence-corrected chi connectivity index (χ4v) is 4.55. The molecular formula is C24H12BrClO2. The summed E-state index contributed by atoms with van der Waals surface area (Å²) in [4.78, 5) is 0. The van der Waals surface area contributed by atoms with Gasteiger partial charge in [0.05, 0.1) is 5.02 Å². The van der Waals surface area contributed by atoms with E-state index in [0.717, 1.165) is 26.4 Å². The van der Waals surface area contributed by atoms with Gasteiger partial charge in [0.2, 0.25) is 0 Å². The van der Waals surface area contributed by atoms with Crippen molar-refractivity contribution in [3.63, 3.8) is 0 Å². The standard InChI is InChI=1S/C24H12BrClO2/c25-13-8-9-19(26)21(10-13)27-14-11-18-16-5-2-1-4-15(16)17-6-3-7-20-23(17)24(18)22(12-14)28-20/h1-12H. The molecule has 0 aliphatic heterocycles. The fourth-order valence-electron chi connectivity index (χ4n) is 4.05. The van der Waals surface area contributed by atoms with E-state index in [2.05, 4.69) is 52.3 Å². The molecule has 0 bridgehead atoms. The zero-order valence-corrected chi connectivity index (χ0v) is 16.8. The summed E-state index contributed by atoms with van der Waals surface area (Å²) in [5.41, 5.74) is 1.71. The van der Waals surface area contributed by atoms with Gasteiger partial charge in [-0.25, -0.2) is 0 Å². The minimum absolute atomic E-state index is 0.559. The summed E-state index contributed by atoms with van der Waals surface area (Å²) >= 11 is 9.80. The predicted octanol–water partition coefficient (Wildman–Crippen LogP) is 8.54. The molecule has 0 saturated carbocycles. The van der Waals surface area contributed by atoms with Gasteiger partial charge in [-0.3, -0.25) is 0 Å². The Balaban J connectivity index is 1.71. The molecule has 6 aromatic rings. The van der Waals surface area contributed by atoms with Crippen LogP contribution in [0.25, 0.3) is 43.5 Å². The first-order chi connectivity index (χ1) is 13.7. The summed E-state index contributed by atoms with van der Waals surface area (Å²) in [6.07, 6.45) is 0. The van der Waals surface area contributed by atoms with Crippen molar-refractivity contribution in [3.8, 4) is 11.5 Å². The molecule has 0 saturated heterocycles. The Bertz CT molecular complexity index is 1520. The van der Waals surface area contributed by atoms with Gasteiger partial charge in [0.1, 0.15) is 22.7 Å². The van der Waals surface area contributed by atoms with Gasteiger partial charge in [-0.05, 0) is 51.9 Å². The van der Waals surface area contributed by atoms with Crippen LogP contribution >= 0.6 is 27.5 Å². The average molecular weight is 448 g/mol. The number of rotatable bonds is 2. The Labute approximate surface area is 173 Å². The minimum atomic E-state index is 0.559. The lowest BCUT2D eigenvalue weighted by Crippen LogP contribution is -1.87. The highest BCUT2D eigenvalue weighted by molar-refractivity contribution is 9.10. The predicted molar refractivity (Wildman–Crippen MR) is 119 cm³/mol. The van der Waals surface area contributed by atoms with Gasteiger partial charge < -0.3 is 9.15 Å². The van der Waals surface area contributed by atoms with Crippen LogP contribution in [0.4, 0.5) is 0 Å². The molecule has 0 N–H and O–H groups in total. The van der Waals surface area contributed by atoms with Crippen molar-refractivity contribution in [2.24, 2.45) is 0 Å². The topological polar surface area (TPSA) is 22.4 Å². The highest BCUT2D eigenvalue weighted by Gasteiger charge is 2.18. The van der Waals surface area contributed by atoms with Gasteiger partial charge in [0.25, 0.3) is 0 Å². The summed E-state index contributed by atoms with van der Waals surface area (Å²) in [6, 6.07) is 24.2. The van der Waals surface area contributed by atoms with E-state index in [1.54, 1.807) is 0 Å². The maximum atomic E-state index is 6.32. The van der Waals surface area contributed by atoms with Crippen LogP contribution < -0.4 is 4.74 Å². The summed E-state index contributed by atoms with van der Waals surface area (Å²) < 4.78 is 13.3. The number of fused-ring (bicyclic) bond motifs is 3. The normalized spacial score (nSPS) is 11.9. The smallest absolute Gasteiger partial charge is 0.147 e. The molecule has 6 rings (SSSR count). The summed E-state index contributed by atoms with van der Waals surface area (Å²) in [6.45, 7) is 0. The van der Waals surface area contributed by atoms with Gasteiger partial charge in [0.15, 0.2) is 0 Å². The third kappa shape index (κ3) is 2.27. The highest BCUT2D eigenvalue weighted by Crippen LogP contribution is 2.44. The number of hydrogen-bond acceptors (Lipinski definition) is 2. The van der Waals surface area contributed by atoms with Crippen LogP contribution in [0.15, 0.2) is 81.7 Å². The first-order valence-corrected chi connectivity index (χ1v) is 10.1. The number of halogens is 2. The molecule has 0 atom stereocenters. The van der Waals surface area contributed by atoms with E-state index in [9.17, 15) is 0 Å². The van der Waals surface area contributed by atoms with E-state index < -0.39 is 0 Å². The van der Waals surface area contributed by atoms with Crippen molar-refractivity contribution in [1.82, 2.24) is 0 Å². The number of furan rings is 1. The largest absolute Gasteiger partial charge is 0.456 e. The number of ether oxygens (including phenoxy) is 1. The second-order valence-electron chi connectivity index (χ2n) is 6.85. The maximum Gasteiger partial charge on any atom is 0.147 e. The lowest BCUT2D eigenvalue weighted by molar-refractivity contribution is 0.483. The van der Waals surface area contributed by atoms with E-state index in [4.69, 9.17) is 20.8 Å². The van der Waals surface area contributed by atoms with Crippen molar-refractivity contribution in [2.75, 3.05) is 0 Å². The van der Waals surface area contributed by atoms with Gasteiger partial charge in [-0.2, -0.15) is 0 Å². The third-order valence-corrected chi connectivity index (χ3v) is 6.01. The summed E-state index contributed by atoms with van der Waals surface area (Å²) in [5.74, 6) is 1.29.